The Morgan fingerprint density at radius 3 is 2.86 bits per heavy atom. The molecule has 114 valence electrons. The van der Waals surface area contributed by atoms with E-state index in [0.29, 0.717) is 13.0 Å². The number of nitrogens with zero attached hydrogens (tertiary/aromatic N) is 1. The Morgan fingerprint density at radius 2 is 2.19 bits per heavy atom. The number of methoxy groups -OCH3 is 1. The highest BCUT2D eigenvalue weighted by atomic mass is 127. The molecule has 0 spiro atoms. The van der Waals surface area contributed by atoms with Gasteiger partial charge in [-0.25, -0.2) is 0 Å². The first-order valence-electron chi connectivity index (χ1n) is 6.55. The number of ether oxygens (including phenoxy) is 1. The molecule has 1 fully saturated rings. The number of halogens is 1. The van der Waals surface area contributed by atoms with E-state index < -0.39 is 18.1 Å². The fourth-order valence-corrected chi connectivity index (χ4v) is 2.89. The van der Waals surface area contributed by atoms with E-state index in [4.69, 9.17) is 4.74 Å². The van der Waals surface area contributed by atoms with E-state index in [1.165, 1.54) is 7.11 Å². The Kier molecular flexibility index (Phi) is 5.54. The highest BCUT2D eigenvalue weighted by Gasteiger charge is 2.37. The maximum atomic E-state index is 12.1. The van der Waals surface area contributed by atoms with Crippen LogP contribution in [0.2, 0.25) is 0 Å². The molecule has 21 heavy (non-hydrogen) atoms. The summed E-state index contributed by atoms with van der Waals surface area (Å²) >= 11 is 2.14. The molecule has 1 saturated heterocycles. The zero-order valence-corrected chi connectivity index (χ0v) is 13.7. The summed E-state index contributed by atoms with van der Waals surface area (Å²) in [6.45, 7) is 0.334. The minimum atomic E-state index is -0.612. The van der Waals surface area contributed by atoms with E-state index in [2.05, 4.69) is 27.9 Å². The minimum Gasteiger partial charge on any atom is -0.468 e. The van der Waals surface area contributed by atoms with Crippen molar-refractivity contribution in [2.24, 2.45) is 0 Å². The number of carbonyl (C=O) groups excluding carboxylic acids is 2. The number of amides is 1. The van der Waals surface area contributed by atoms with Gasteiger partial charge in [0.15, 0.2) is 0 Å². The van der Waals surface area contributed by atoms with E-state index >= 15 is 0 Å². The molecule has 1 aromatic rings. The van der Waals surface area contributed by atoms with Crippen LogP contribution in [0, 0.1) is 3.57 Å². The number of anilines is 1. The summed E-state index contributed by atoms with van der Waals surface area (Å²) in [7, 11) is 1.30. The molecule has 2 rings (SSSR count). The van der Waals surface area contributed by atoms with Gasteiger partial charge in [-0.2, -0.15) is 0 Å². The maximum absolute atomic E-state index is 12.1. The zero-order valence-electron chi connectivity index (χ0n) is 11.6. The largest absolute Gasteiger partial charge is 0.468 e. The number of nitrogens with one attached hydrogen (secondary N) is 1. The van der Waals surface area contributed by atoms with Crippen molar-refractivity contribution < 1.29 is 19.4 Å². The molecule has 2 N–H and O–H groups in total. The molecular formula is C14H17IN2O4. The average molecular weight is 404 g/mol. The van der Waals surface area contributed by atoms with Crippen LogP contribution in [-0.4, -0.2) is 54.2 Å². The zero-order chi connectivity index (χ0) is 15.4. The number of hydrogen-bond donors (Lipinski definition) is 2. The van der Waals surface area contributed by atoms with Gasteiger partial charge in [0.25, 0.3) is 0 Å². The molecular weight excluding hydrogens is 387 g/mol. The number of rotatable bonds is 4. The normalized spacial score (nSPS) is 22.0. The predicted molar refractivity (Wildman–Crippen MR) is 85.8 cm³/mol. The van der Waals surface area contributed by atoms with Crippen molar-refractivity contribution in [2.75, 3.05) is 25.5 Å². The van der Waals surface area contributed by atoms with Gasteiger partial charge in [0.1, 0.15) is 6.04 Å². The molecule has 0 aliphatic carbocycles. The van der Waals surface area contributed by atoms with Gasteiger partial charge in [0.05, 0.1) is 25.4 Å². The molecule has 1 aliphatic heterocycles. The van der Waals surface area contributed by atoms with Crippen molar-refractivity contribution in [3.8, 4) is 0 Å². The number of likely N-dealkylation sites (tertiary alicyclic amines) is 1. The van der Waals surface area contributed by atoms with Crippen molar-refractivity contribution in [1.29, 1.82) is 0 Å². The Bertz CT molecular complexity index is 537. The molecule has 0 aromatic heterocycles. The summed E-state index contributed by atoms with van der Waals surface area (Å²) in [5.74, 6) is -0.643. The van der Waals surface area contributed by atoms with Crippen LogP contribution in [0.15, 0.2) is 24.3 Å². The number of β-amino-alcohol motifs (C(OH)–C–C–N with tert-alkyl or cyclic N) is 1. The van der Waals surface area contributed by atoms with Crippen molar-refractivity contribution >= 4 is 40.2 Å². The lowest BCUT2D eigenvalue weighted by molar-refractivity contribution is -0.146. The molecule has 0 bridgehead atoms. The van der Waals surface area contributed by atoms with Crippen LogP contribution in [0.1, 0.15) is 6.42 Å². The van der Waals surface area contributed by atoms with Gasteiger partial charge >= 0.3 is 5.97 Å². The Morgan fingerprint density at radius 1 is 1.48 bits per heavy atom. The molecule has 1 aliphatic rings. The molecule has 1 aromatic carbocycles. The summed E-state index contributed by atoms with van der Waals surface area (Å²) < 4.78 is 5.65. The van der Waals surface area contributed by atoms with Crippen LogP contribution in [-0.2, 0) is 14.3 Å². The van der Waals surface area contributed by atoms with Gasteiger partial charge in [-0.15, -0.1) is 0 Å². The van der Waals surface area contributed by atoms with Crippen LogP contribution < -0.4 is 5.32 Å². The molecule has 0 radical (unpaired) electrons. The number of para-hydroxylation sites is 1. The molecule has 2 atom stereocenters. The van der Waals surface area contributed by atoms with Crippen molar-refractivity contribution in [3.63, 3.8) is 0 Å². The third-order valence-electron chi connectivity index (χ3n) is 3.35. The number of carbonyl (C=O) groups is 2. The molecule has 6 nitrogen and oxygen atoms in total. The molecule has 7 heteroatoms. The second kappa shape index (κ2) is 7.19. The second-order valence-electron chi connectivity index (χ2n) is 4.89. The fraction of sp³-hybridized carbons (Fsp3) is 0.429. The topological polar surface area (TPSA) is 78.9 Å². The first kappa shape index (κ1) is 16.2. The highest BCUT2D eigenvalue weighted by Crippen LogP contribution is 2.20. The lowest BCUT2D eigenvalue weighted by Crippen LogP contribution is -2.41. The van der Waals surface area contributed by atoms with E-state index in [1.54, 1.807) is 4.90 Å². The van der Waals surface area contributed by atoms with Gasteiger partial charge in [0.2, 0.25) is 5.91 Å². The lowest BCUT2D eigenvalue weighted by atomic mass is 10.2. The molecule has 1 amide bonds. The third-order valence-corrected chi connectivity index (χ3v) is 4.29. The number of aliphatic hydroxyl groups excluding tert-OH is 1. The third kappa shape index (κ3) is 4.14. The van der Waals surface area contributed by atoms with Gasteiger partial charge in [-0.1, -0.05) is 12.1 Å². The Labute approximate surface area is 136 Å². The van der Waals surface area contributed by atoms with Crippen LogP contribution in [0.25, 0.3) is 0 Å². The first-order chi connectivity index (χ1) is 10.0. The van der Waals surface area contributed by atoms with Crippen LogP contribution in [0.3, 0.4) is 0 Å². The summed E-state index contributed by atoms with van der Waals surface area (Å²) in [6, 6.07) is 6.88. The predicted octanol–water partition coefficient (Wildman–Crippen LogP) is 0.838. The summed E-state index contributed by atoms with van der Waals surface area (Å²) in [4.78, 5) is 25.4. The number of aliphatic hydroxyl groups is 1. The van der Waals surface area contributed by atoms with Crippen LogP contribution in [0.5, 0.6) is 0 Å². The number of hydrogen-bond acceptors (Lipinski definition) is 5. The quantitative estimate of drug-likeness (QED) is 0.575. The van der Waals surface area contributed by atoms with Crippen LogP contribution in [0.4, 0.5) is 5.69 Å². The fourth-order valence-electron chi connectivity index (χ4n) is 2.37. The van der Waals surface area contributed by atoms with Crippen molar-refractivity contribution in [3.05, 3.63) is 27.8 Å². The standard InChI is InChI=1S/C14H17IN2O4/c1-21-14(20)12-6-9(18)7-17(12)8-13(19)16-11-5-3-2-4-10(11)15/h2-5,9,12,18H,6-8H2,1H3,(H,16,19). The Hall–Kier alpha value is -1.19. The average Bonchev–Trinajstić information content (AvgIpc) is 2.81. The van der Waals surface area contributed by atoms with Gasteiger partial charge in [-0.05, 0) is 34.7 Å². The van der Waals surface area contributed by atoms with Crippen molar-refractivity contribution in [2.45, 2.75) is 18.6 Å². The van der Waals surface area contributed by atoms with Crippen LogP contribution >= 0.6 is 22.6 Å². The van der Waals surface area contributed by atoms with E-state index in [1.807, 2.05) is 24.3 Å². The summed E-state index contributed by atoms with van der Waals surface area (Å²) in [5.41, 5.74) is 0.734. The number of esters is 1. The Balaban J connectivity index is 1.98. The van der Waals surface area contributed by atoms with Gasteiger partial charge < -0.3 is 15.2 Å². The lowest BCUT2D eigenvalue weighted by Gasteiger charge is -2.21. The van der Waals surface area contributed by atoms with E-state index in [0.717, 1.165) is 9.26 Å². The first-order valence-corrected chi connectivity index (χ1v) is 7.63. The summed E-state index contributed by atoms with van der Waals surface area (Å²) in [5, 5.41) is 12.5. The van der Waals surface area contributed by atoms with Gasteiger partial charge in [-0.3, -0.25) is 14.5 Å². The minimum absolute atomic E-state index is 0.0435. The smallest absolute Gasteiger partial charge is 0.323 e. The molecule has 2 unspecified atom stereocenters. The summed E-state index contributed by atoms with van der Waals surface area (Å²) in [6.07, 6.45) is -0.318. The molecule has 0 saturated carbocycles. The van der Waals surface area contributed by atoms with E-state index in [9.17, 15) is 14.7 Å². The maximum Gasteiger partial charge on any atom is 0.323 e. The highest BCUT2D eigenvalue weighted by molar-refractivity contribution is 14.1. The SMILES string of the molecule is COC(=O)C1CC(O)CN1CC(=O)Nc1ccccc1I. The van der Waals surface area contributed by atoms with Gasteiger partial charge in [0, 0.05) is 16.5 Å². The number of benzene rings is 1. The second-order valence-corrected chi connectivity index (χ2v) is 6.05. The molecule has 1 heterocycles. The monoisotopic (exact) mass is 404 g/mol. The van der Waals surface area contributed by atoms with E-state index in [-0.39, 0.29) is 12.5 Å². The van der Waals surface area contributed by atoms with Crippen molar-refractivity contribution in [1.82, 2.24) is 4.90 Å².